The van der Waals surface area contributed by atoms with E-state index >= 15 is 0 Å². The number of hydrogen-bond acceptors (Lipinski definition) is 1. The summed E-state index contributed by atoms with van der Waals surface area (Å²) in [5.41, 5.74) is 0.434. The van der Waals surface area contributed by atoms with Crippen LogP contribution in [0.5, 0.6) is 5.75 Å². The second-order valence-corrected chi connectivity index (χ2v) is 7.49. The molecule has 1 nitrogen and oxygen atoms in total. The van der Waals surface area contributed by atoms with Crippen molar-refractivity contribution in [3.63, 3.8) is 0 Å². The van der Waals surface area contributed by atoms with E-state index in [2.05, 4.69) is 16.9 Å². The van der Waals surface area contributed by atoms with Crippen LogP contribution in [-0.4, -0.2) is 6.36 Å². The first kappa shape index (κ1) is 19.2. The smallest absolute Gasteiger partial charge is 0.399 e. The molecule has 0 aliphatic heterocycles. The maximum atomic E-state index is 14.0. The number of fused-ring (bicyclic) bond motifs is 1. The summed E-state index contributed by atoms with van der Waals surface area (Å²) in [6.07, 6.45) is 5.24. The van der Waals surface area contributed by atoms with Gasteiger partial charge in [0.2, 0.25) is 5.75 Å². The SMILES string of the molecule is C/C=C/C1CCC2CC(c3cc(F)c(OC(F)(F)F)c(F)c3)CCC2C1. The average molecular weight is 374 g/mol. The van der Waals surface area contributed by atoms with Gasteiger partial charge >= 0.3 is 6.36 Å². The molecule has 0 heterocycles. The maximum Gasteiger partial charge on any atom is 0.573 e. The highest BCUT2D eigenvalue weighted by molar-refractivity contribution is 5.33. The highest BCUT2D eigenvalue weighted by atomic mass is 19.4. The van der Waals surface area contributed by atoms with Gasteiger partial charge in [-0.1, -0.05) is 12.2 Å². The van der Waals surface area contributed by atoms with Crippen LogP contribution in [0.15, 0.2) is 24.3 Å². The molecule has 0 saturated heterocycles. The minimum absolute atomic E-state index is 0.0153. The van der Waals surface area contributed by atoms with Crippen molar-refractivity contribution in [1.29, 1.82) is 0 Å². The second-order valence-electron chi connectivity index (χ2n) is 7.49. The number of ether oxygens (including phenoxy) is 1. The highest BCUT2D eigenvalue weighted by Crippen LogP contribution is 2.48. The zero-order valence-electron chi connectivity index (χ0n) is 14.7. The molecule has 0 bridgehead atoms. The maximum absolute atomic E-state index is 14.0. The lowest BCUT2D eigenvalue weighted by molar-refractivity contribution is -0.276. The van der Waals surface area contributed by atoms with Gasteiger partial charge in [-0.05, 0) is 86.8 Å². The predicted molar refractivity (Wildman–Crippen MR) is 88.8 cm³/mol. The number of halogens is 5. The first-order chi connectivity index (χ1) is 12.3. The second kappa shape index (κ2) is 7.57. The summed E-state index contributed by atoms with van der Waals surface area (Å²) < 4.78 is 68.3. The van der Waals surface area contributed by atoms with Crippen molar-refractivity contribution in [2.75, 3.05) is 0 Å². The van der Waals surface area contributed by atoms with E-state index < -0.39 is 23.7 Å². The van der Waals surface area contributed by atoms with Crippen LogP contribution in [0.3, 0.4) is 0 Å². The van der Waals surface area contributed by atoms with Gasteiger partial charge in [0.15, 0.2) is 11.6 Å². The molecule has 2 aliphatic rings. The van der Waals surface area contributed by atoms with Gasteiger partial charge in [0.05, 0.1) is 0 Å². The number of rotatable bonds is 3. The molecule has 1 aromatic carbocycles. The third kappa shape index (κ3) is 4.38. The Kier molecular flexibility index (Phi) is 5.58. The summed E-state index contributed by atoms with van der Waals surface area (Å²) in [6.45, 7) is 2.03. The molecule has 2 aliphatic carbocycles. The molecule has 144 valence electrons. The zero-order valence-corrected chi connectivity index (χ0v) is 14.7. The Morgan fingerprint density at radius 1 is 0.962 bits per heavy atom. The Morgan fingerprint density at radius 3 is 2.19 bits per heavy atom. The number of benzene rings is 1. The van der Waals surface area contributed by atoms with Crippen molar-refractivity contribution in [3.05, 3.63) is 41.5 Å². The Morgan fingerprint density at radius 2 is 1.58 bits per heavy atom. The molecule has 0 spiro atoms. The lowest BCUT2D eigenvalue weighted by Gasteiger charge is -2.41. The van der Waals surface area contributed by atoms with Crippen LogP contribution < -0.4 is 4.74 Å². The van der Waals surface area contributed by atoms with Crippen molar-refractivity contribution in [1.82, 2.24) is 0 Å². The van der Waals surface area contributed by atoms with Crippen LogP contribution in [0.25, 0.3) is 0 Å². The lowest BCUT2D eigenvalue weighted by Crippen LogP contribution is -2.30. The molecule has 0 radical (unpaired) electrons. The minimum Gasteiger partial charge on any atom is -0.399 e. The van der Waals surface area contributed by atoms with Crippen LogP contribution in [0.4, 0.5) is 22.0 Å². The number of hydrogen-bond donors (Lipinski definition) is 0. The topological polar surface area (TPSA) is 9.23 Å². The van der Waals surface area contributed by atoms with Gasteiger partial charge in [-0.15, -0.1) is 13.2 Å². The van der Waals surface area contributed by atoms with Gasteiger partial charge in [-0.25, -0.2) is 8.78 Å². The molecule has 2 saturated carbocycles. The lowest BCUT2D eigenvalue weighted by atomic mass is 9.64. The summed E-state index contributed by atoms with van der Waals surface area (Å²) in [4.78, 5) is 0. The van der Waals surface area contributed by atoms with Crippen molar-refractivity contribution >= 4 is 0 Å². The molecule has 0 aromatic heterocycles. The third-order valence-corrected chi connectivity index (χ3v) is 5.83. The van der Waals surface area contributed by atoms with E-state index in [9.17, 15) is 22.0 Å². The summed E-state index contributed by atoms with van der Waals surface area (Å²) in [5.74, 6) is -2.21. The molecule has 0 N–H and O–H groups in total. The Hall–Kier alpha value is -1.59. The monoisotopic (exact) mass is 374 g/mol. The van der Waals surface area contributed by atoms with Gasteiger partial charge < -0.3 is 4.74 Å². The number of alkyl halides is 3. The summed E-state index contributed by atoms with van der Waals surface area (Å²) in [6, 6.07) is 2.00. The normalized spacial score (nSPS) is 29.6. The van der Waals surface area contributed by atoms with Crippen LogP contribution in [-0.2, 0) is 0 Å². The molecule has 4 unspecified atom stereocenters. The van der Waals surface area contributed by atoms with E-state index in [0.717, 1.165) is 50.7 Å². The van der Waals surface area contributed by atoms with Gasteiger partial charge in [0.1, 0.15) is 0 Å². The Bertz CT molecular complexity index is 644. The summed E-state index contributed by atoms with van der Waals surface area (Å²) >= 11 is 0. The predicted octanol–water partition coefficient (Wildman–Crippen LogP) is 6.74. The molecular weight excluding hydrogens is 351 g/mol. The molecule has 3 rings (SSSR count). The fraction of sp³-hybridized carbons (Fsp3) is 0.600. The summed E-state index contributed by atoms with van der Waals surface area (Å²) in [5, 5.41) is 0. The van der Waals surface area contributed by atoms with E-state index in [-0.39, 0.29) is 5.92 Å². The van der Waals surface area contributed by atoms with Gasteiger partial charge in [0.25, 0.3) is 0 Å². The highest BCUT2D eigenvalue weighted by Gasteiger charge is 2.37. The van der Waals surface area contributed by atoms with E-state index in [4.69, 9.17) is 0 Å². The first-order valence-corrected chi connectivity index (χ1v) is 9.14. The summed E-state index contributed by atoms with van der Waals surface area (Å²) in [7, 11) is 0. The third-order valence-electron chi connectivity index (χ3n) is 5.83. The zero-order chi connectivity index (χ0) is 18.9. The van der Waals surface area contributed by atoms with E-state index in [1.807, 2.05) is 6.92 Å². The van der Waals surface area contributed by atoms with Crippen molar-refractivity contribution < 1.29 is 26.7 Å². The van der Waals surface area contributed by atoms with Crippen LogP contribution >= 0.6 is 0 Å². The quantitative estimate of drug-likeness (QED) is 0.420. The minimum atomic E-state index is -5.12. The van der Waals surface area contributed by atoms with Crippen molar-refractivity contribution in [2.24, 2.45) is 17.8 Å². The van der Waals surface area contributed by atoms with Crippen LogP contribution in [0.2, 0.25) is 0 Å². The standard InChI is InChI=1S/C20H23F5O/c1-2-3-12-4-5-14-9-15(7-6-13(14)8-12)16-10-17(21)19(18(22)11-16)26-20(23,24)25/h2-3,10-15H,4-9H2,1H3/b3-2+. The molecule has 6 heteroatoms. The molecule has 26 heavy (non-hydrogen) atoms. The molecule has 0 amide bonds. The van der Waals surface area contributed by atoms with E-state index in [1.54, 1.807) is 0 Å². The van der Waals surface area contributed by atoms with Crippen LogP contribution in [0.1, 0.15) is 56.9 Å². The molecular formula is C20H23F5O. The van der Waals surface area contributed by atoms with E-state index in [0.29, 0.717) is 23.3 Å². The van der Waals surface area contributed by atoms with Gasteiger partial charge in [0, 0.05) is 0 Å². The van der Waals surface area contributed by atoms with Gasteiger partial charge in [-0.3, -0.25) is 0 Å². The fourth-order valence-corrected chi connectivity index (χ4v) is 4.70. The Balaban J connectivity index is 1.71. The first-order valence-electron chi connectivity index (χ1n) is 9.14. The molecule has 4 atom stereocenters. The van der Waals surface area contributed by atoms with Crippen LogP contribution in [0, 0.1) is 29.4 Å². The molecule has 2 fully saturated rings. The van der Waals surface area contributed by atoms with Crippen molar-refractivity contribution in [3.8, 4) is 5.75 Å². The van der Waals surface area contributed by atoms with Gasteiger partial charge in [-0.2, -0.15) is 0 Å². The average Bonchev–Trinajstić information content (AvgIpc) is 2.57. The molecule has 1 aromatic rings. The van der Waals surface area contributed by atoms with E-state index in [1.165, 1.54) is 0 Å². The largest absolute Gasteiger partial charge is 0.573 e. The fourth-order valence-electron chi connectivity index (χ4n) is 4.70. The Labute approximate surface area is 150 Å². The number of allylic oxidation sites excluding steroid dienone is 2. The van der Waals surface area contributed by atoms with Crippen molar-refractivity contribution in [2.45, 2.75) is 57.7 Å².